The van der Waals surface area contributed by atoms with E-state index < -0.39 is 11.1 Å². The van der Waals surface area contributed by atoms with Crippen LogP contribution in [0.5, 0.6) is 0 Å². The zero-order chi connectivity index (χ0) is 19.3. The summed E-state index contributed by atoms with van der Waals surface area (Å²) in [5.74, 6) is 2.16. The average molecular weight is 378 g/mol. The Morgan fingerprint density at radius 2 is 1.86 bits per heavy atom. The minimum absolute atomic E-state index is 0.174. The molecule has 7 heteroatoms. The maximum atomic E-state index is 12.7. The van der Waals surface area contributed by atoms with Gasteiger partial charge in [0.15, 0.2) is 0 Å². The molecule has 4 heterocycles. The number of hydrogen-bond acceptors (Lipinski definition) is 5. The molecule has 0 N–H and O–H groups in total. The van der Waals surface area contributed by atoms with Gasteiger partial charge in [-0.1, -0.05) is 29.8 Å². The Bertz CT molecular complexity index is 1110. The van der Waals surface area contributed by atoms with Crippen molar-refractivity contribution in [3.63, 3.8) is 0 Å². The lowest BCUT2D eigenvalue weighted by Crippen LogP contribution is -2.44. The van der Waals surface area contributed by atoms with Crippen LogP contribution in [0.2, 0.25) is 0 Å². The summed E-state index contributed by atoms with van der Waals surface area (Å²) in [5, 5.41) is 4.62. The summed E-state index contributed by atoms with van der Waals surface area (Å²) in [6.45, 7) is 5.36. The van der Waals surface area contributed by atoms with E-state index in [4.69, 9.17) is 4.42 Å². The Morgan fingerprint density at radius 1 is 1.04 bits per heavy atom. The fourth-order valence-electron chi connectivity index (χ4n) is 4.40. The second-order valence-electron chi connectivity index (χ2n) is 7.86. The fraction of sp³-hybridized carbons (Fsp3) is 0.381. The van der Waals surface area contributed by atoms with Crippen molar-refractivity contribution < 1.29 is 4.42 Å². The first-order valence-corrected chi connectivity index (χ1v) is 9.60. The van der Waals surface area contributed by atoms with Gasteiger partial charge in [0, 0.05) is 31.5 Å². The molecule has 2 aliphatic rings. The van der Waals surface area contributed by atoms with Crippen molar-refractivity contribution in [1.29, 1.82) is 0 Å². The van der Waals surface area contributed by atoms with Gasteiger partial charge in [0.25, 0.3) is 0 Å². The van der Waals surface area contributed by atoms with Gasteiger partial charge >= 0.3 is 11.1 Å². The predicted molar refractivity (Wildman–Crippen MR) is 103 cm³/mol. The number of fused-ring (bicyclic) bond motifs is 3. The highest BCUT2D eigenvalue weighted by Crippen LogP contribution is 2.37. The Morgan fingerprint density at radius 3 is 2.61 bits per heavy atom. The molecule has 0 aliphatic carbocycles. The first-order valence-electron chi connectivity index (χ1n) is 9.60. The van der Waals surface area contributed by atoms with E-state index in [1.165, 1.54) is 4.68 Å². The van der Waals surface area contributed by atoms with Crippen molar-refractivity contribution in [1.82, 2.24) is 19.2 Å². The third kappa shape index (κ3) is 2.92. The molecule has 0 unspecified atom stereocenters. The Hall–Kier alpha value is -2.93. The molecule has 1 aromatic carbocycles. The number of rotatable bonds is 4. The lowest BCUT2D eigenvalue weighted by atomic mass is 10.00. The van der Waals surface area contributed by atoms with E-state index in [9.17, 15) is 9.59 Å². The summed E-state index contributed by atoms with van der Waals surface area (Å²) in [4.78, 5) is 27.5. The number of benzene rings is 1. The van der Waals surface area contributed by atoms with Gasteiger partial charge in [-0.25, -0.2) is 4.68 Å². The number of likely N-dealkylation sites (tertiary alicyclic amines) is 1. The molecule has 0 spiro atoms. The lowest BCUT2D eigenvalue weighted by Gasteiger charge is -2.16. The minimum Gasteiger partial charge on any atom is -0.468 e. The van der Waals surface area contributed by atoms with Crippen molar-refractivity contribution in [2.75, 3.05) is 13.1 Å². The van der Waals surface area contributed by atoms with Crippen LogP contribution in [-0.4, -0.2) is 32.3 Å². The summed E-state index contributed by atoms with van der Waals surface area (Å²) >= 11 is 0. The molecular formula is C21H22N4O3. The number of aromatic nitrogens is 3. The second-order valence-corrected chi connectivity index (χ2v) is 7.86. The Kier molecular flexibility index (Phi) is 4.05. The number of furan rings is 1. The van der Waals surface area contributed by atoms with Crippen molar-refractivity contribution in [3.8, 4) is 0 Å². The Balaban J connectivity index is 1.43. The fourth-order valence-corrected chi connectivity index (χ4v) is 4.40. The molecule has 0 amide bonds. The van der Waals surface area contributed by atoms with Gasteiger partial charge in [-0.2, -0.15) is 5.10 Å². The van der Waals surface area contributed by atoms with Gasteiger partial charge in [0.05, 0.1) is 19.4 Å². The van der Waals surface area contributed by atoms with Crippen LogP contribution in [0.1, 0.15) is 28.6 Å². The first kappa shape index (κ1) is 17.2. The number of hydrogen-bond donors (Lipinski definition) is 0. The van der Waals surface area contributed by atoms with E-state index in [-0.39, 0.29) is 5.92 Å². The topological polar surface area (TPSA) is 73.3 Å². The normalized spacial score (nSPS) is 21.0. The molecule has 3 aromatic rings. The van der Waals surface area contributed by atoms with Crippen LogP contribution < -0.4 is 11.1 Å². The van der Waals surface area contributed by atoms with Crippen molar-refractivity contribution in [2.24, 2.45) is 5.92 Å². The van der Waals surface area contributed by atoms with E-state index in [0.717, 1.165) is 42.3 Å². The van der Waals surface area contributed by atoms with Gasteiger partial charge in [-0.05, 0) is 24.6 Å². The molecule has 0 radical (unpaired) electrons. The molecule has 28 heavy (non-hydrogen) atoms. The zero-order valence-electron chi connectivity index (χ0n) is 15.7. The van der Waals surface area contributed by atoms with Crippen LogP contribution in [0, 0.1) is 12.8 Å². The quantitative estimate of drug-likeness (QED) is 0.645. The monoisotopic (exact) mass is 378 g/mol. The standard InChI is InChI=1S/C21H22N4O3/c1-14-4-6-15(7-5-14)9-25-21(27)20(26)24-11-16-10-23(12-17-3-2-8-28-17)13-18(16)19(24)22-25/h2-8,16,18H,9-13H2,1H3/t16-,18-/m0/s1. The van der Waals surface area contributed by atoms with Gasteiger partial charge in [-0.15, -0.1) is 0 Å². The third-order valence-electron chi connectivity index (χ3n) is 5.84. The molecule has 5 rings (SSSR count). The maximum absolute atomic E-state index is 12.7. The Labute approximate surface area is 161 Å². The SMILES string of the molecule is Cc1ccc(Cn2nc3n(c(=O)c2=O)C[C@@H]2CN(Cc4ccco4)C[C@H]32)cc1. The highest BCUT2D eigenvalue weighted by molar-refractivity contribution is 5.21. The molecule has 144 valence electrons. The summed E-state index contributed by atoms with van der Waals surface area (Å²) in [6, 6.07) is 11.8. The van der Waals surface area contributed by atoms with Gasteiger partial charge in [0.2, 0.25) is 0 Å². The lowest BCUT2D eigenvalue weighted by molar-refractivity contribution is 0.277. The molecule has 2 atom stereocenters. The molecule has 0 saturated carbocycles. The average Bonchev–Trinajstić information content (AvgIpc) is 3.39. The van der Waals surface area contributed by atoms with Crippen LogP contribution >= 0.6 is 0 Å². The molecule has 0 bridgehead atoms. The summed E-state index contributed by atoms with van der Waals surface area (Å²) in [5.41, 5.74) is 1.12. The smallest absolute Gasteiger partial charge is 0.332 e. The maximum Gasteiger partial charge on any atom is 0.332 e. The van der Waals surface area contributed by atoms with Crippen LogP contribution in [-0.2, 0) is 19.6 Å². The van der Waals surface area contributed by atoms with E-state index in [1.807, 2.05) is 43.3 Å². The predicted octanol–water partition coefficient (Wildman–Crippen LogP) is 1.58. The highest BCUT2D eigenvalue weighted by Gasteiger charge is 2.42. The molecule has 7 nitrogen and oxygen atoms in total. The van der Waals surface area contributed by atoms with Crippen LogP contribution in [0.3, 0.4) is 0 Å². The third-order valence-corrected chi connectivity index (χ3v) is 5.84. The van der Waals surface area contributed by atoms with Gasteiger partial charge in [-0.3, -0.25) is 19.1 Å². The molecule has 1 saturated heterocycles. The molecule has 2 aliphatic heterocycles. The first-order chi connectivity index (χ1) is 13.6. The second kappa shape index (κ2) is 6.60. The van der Waals surface area contributed by atoms with Crippen molar-refractivity contribution in [3.05, 3.63) is 86.1 Å². The van der Waals surface area contributed by atoms with Gasteiger partial charge < -0.3 is 4.42 Å². The van der Waals surface area contributed by atoms with E-state index in [0.29, 0.717) is 19.0 Å². The van der Waals surface area contributed by atoms with E-state index >= 15 is 0 Å². The highest BCUT2D eigenvalue weighted by atomic mass is 16.3. The van der Waals surface area contributed by atoms with Crippen molar-refractivity contribution >= 4 is 0 Å². The van der Waals surface area contributed by atoms with Crippen LogP contribution in [0.4, 0.5) is 0 Å². The molecule has 2 aromatic heterocycles. The number of nitrogens with zero attached hydrogens (tertiary/aromatic N) is 4. The zero-order valence-corrected chi connectivity index (χ0v) is 15.7. The number of aryl methyl sites for hydroxylation is 1. The summed E-state index contributed by atoms with van der Waals surface area (Å²) in [7, 11) is 0. The molecule has 1 fully saturated rings. The van der Waals surface area contributed by atoms with Gasteiger partial charge in [0.1, 0.15) is 11.6 Å². The largest absolute Gasteiger partial charge is 0.468 e. The van der Waals surface area contributed by atoms with Crippen LogP contribution in [0.25, 0.3) is 0 Å². The van der Waals surface area contributed by atoms with Crippen LogP contribution in [0.15, 0.2) is 56.7 Å². The summed E-state index contributed by atoms with van der Waals surface area (Å²) in [6.07, 6.45) is 1.69. The minimum atomic E-state index is -0.545. The summed E-state index contributed by atoms with van der Waals surface area (Å²) < 4.78 is 8.38. The van der Waals surface area contributed by atoms with Crippen molar-refractivity contribution in [2.45, 2.75) is 32.5 Å². The molecular weight excluding hydrogens is 356 g/mol. The van der Waals surface area contributed by atoms with E-state index in [2.05, 4.69) is 10.00 Å². The van der Waals surface area contributed by atoms with E-state index in [1.54, 1.807) is 10.8 Å².